The molecule has 0 radical (unpaired) electrons. The molecule has 1 aliphatic rings. The minimum atomic E-state index is -0.0742. The fourth-order valence-electron chi connectivity index (χ4n) is 7.48. The lowest BCUT2D eigenvalue weighted by atomic mass is 9.69. The summed E-state index contributed by atoms with van der Waals surface area (Å²) in [6.45, 7) is 14.8. The summed E-state index contributed by atoms with van der Waals surface area (Å²) in [7, 11) is -0.112. The highest BCUT2D eigenvalue weighted by molar-refractivity contribution is 7.65. The average molecular weight is 613 g/mol. The molecule has 240 valence electrons. The van der Waals surface area contributed by atoms with Crippen LogP contribution in [0.5, 0.6) is 0 Å². The van der Waals surface area contributed by atoms with Crippen LogP contribution in [0.15, 0.2) is 54.6 Å². The molecule has 0 spiro atoms. The van der Waals surface area contributed by atoms with E-state index in [1.165, 1.54) is 134 Å². The van der Waals surface area contributed by atoms with E-state index in [4.69, 9.17) is 0 Å². The molecule has 2 rings (SSSR count). The lowest BCUT2D eigenvalue weighted by Gasteiger charge is -2.53. The van der Waals surface area contributed by atoms with Crippen molar-refractivity contribution in [1.29, 1.82) is 0 Å². The summed E-state index contributed by atoms with van der Waals surface area (Å²) in [5.41, 5.74) is 0.239. The van der Waals surface area contributed by atoms with Gasteiger partial charge in [0.1, 0.15) is 0 Å². The zero-order valence-electron chi connectivity index (χ0n) is 29.0. The predicted octanol–water partition coefficient (Wildman–Crippen LogP) is 13.5. The molecule has 0 aliphatic heterocycles. The van der Waals surface area contributed by atoms with E-state index >= 15 is 0 Å². The van der Waals surface area contributed by atoms with E-state index < -0.39 is 0 Å². The van der Waals surface area contributed by atoms with Crippen LogP contribution in [0.3, 0.4) is 0 Å². The van der Waals surface area contributed by atoms with Crippen molar-refractivity contribution >= 4 is 21.1 Å². The van der Waals surface area contributed by atoms with E-state index in [2.05, 4.69) is 96.2 Å². The van der Waals surface area contributed by atoms with Crippen LogP contribution in [-0.4, -0.2) is 29.8 Å². The summed E-state index contributed by atoms with van der Waals surface area (Å²) in [6, 6.07) is 11.6. The first-order valence-corrected chi connectivity index (χ1v) is 21.7. The Balaban J connectivity index is 2.01. The molecule has 42 heavy (non-hydrogen) atoms. The van der Waals surface area contributed by atoms with Crippen LogP contribution >= 0.6 is 15.8 Å². The van der Waals surface area contributed by atoms with E-state index in [9.17, 15) is 0 Å². The van der Waals surface area contributed by atoms with Crippen LogP contribution < -0.4 is 5.30 Å². The second kappa shape index (κ2) is 22.1. The van der Waals surface area contributed by atoms with Gasteiger partial charge in [-0.1, -0.05) is 202 Å². The van der Waals surface area contributed by atoms with Crippen molar-refractivity contribution in [1.82, 2.24) is 0 Å². The largest absolute Gasteiger partial charge is 0.0952 e. The van der Waals surface area contributed by atoms with Gasteiger partial charge in [-0.2, -0.15) is 0 Å². The van der Waals surface area contributed by atoms with Crippen molar-refractivity contribution in [2.45, 2.75) is 156 Å². The number of unbranched alkanes of at least 4 members (excludes halogenated alkanes) is 14. The van der Waals surface area contributed by atoms with Gasteiger partial charge < -0.3 is 0 Å². The summed E-state index contributed by atoms with van der Waals surface area (Å²) in [4.78, 5) is 0. The van der Waals surface area contributed by atoms with Crippen molar-refractivity contribution < 1.29 is 0 Å². The molecule has 0 heterocycles. The van der Waals surface area contributed by atoms with E-state index in [0.29, 0.717) is 11.1 Å². The van der Waals surface area contributed by atoms with E-state index in [1.807, 2.05) is 0 Å². The molecule has 0 saturated heterocycles. The summed E-state index contributed by atoms with van der Waals surface area (Å²) < 4.78 is 0. The molecular formula is C40H70P2. The molecule has 3 atom stereocenters. The van der Waals surface area contributed by atoms with Gasteiger partial charge in [-0.15, -0.1) is 0 Å². The molecule has 0 nitrogen and oxygen atoms in total. The zero-order valence-corrected chi connectivity index (χ0v) is 30.8. The first-order chi connectivity index (χ1) is 20.4. The minimum Gasteiger partial charge on any atom is -0.0952 e. The Hall–Kier alpha value is -0.440. The topological polar surface area (TPSA) is 0 Å². The van der Waals surface area contributed by atoms with Gasteiger partial charge in [0.05, 0.1) is 0 Å². The van der Waals surface area contributed by atoms with E-state index in [1.54, 1.807) is 5.30 Å². The third kappa shape index (κ3) is 12.9. The molecule has 0 N–H and O–H groups in total. The monoisotopic (exact) mass is 612 g/mol. The summed E-state index contributed by atoms with van der Waals surface area (Å²) in [6.07, 6.45) is 40.0. The Kier molecular flexibility index (Phi) is 19.9. The molecule has 1 aliphatic carbocycles. The smallest absolute Gasteiger partial charge is 0.0195 e. The molecule has 0 bridgehead atoms. The maximum atomic E-state index is 2.68. The third-order valence-corrected chi connectivity index (χ3v) is 16.7. The fourth-order valence-corrected chi connectivity index (χ4v) is 14.2. The van der Waals surface area contributed by atoms with Crippen LogP contribution in [0.1, 0.15) is 151 Å². The quantitative estimate of drug-likeness (QED) is 0.0761. The lowest BCUT2D eigenvalue weighted by Crippen LogP contribution is -2.46. The fraction of sp³-hybridized carbons (Fsp3) is 0.750. The van der Waals surface area contributed by atoms with Crippen LogP contribution in [0.25, 0.3) is 0 Å². The van der Waals surface area contributed by atoms with Crippen molar-refractivity contribution in [2.75, 3.05) is 24.6 Å². The van der Waals surface area contributed by atoms with Gasteiger partial charge >= 0.3 is 0 Å². The van der Waals surface area contributed by atoms with Crippen molar-refractivity contribution in [3.05, 3.63) is 54.6 Å². The molecule has 0 amide bonds. The highest BCUT2D eigenvalue weighted by atomic mass is 31.1. The minimum absolute atomic E-state index is 0.0377. The normalized spacial score (nSPS) is 19.4. The zero-order chi connectivity index (χ0) is 30.5. The highest BCUT2D eigenvalue weighted by Crippen LogP contribution is 2.65. The Bertz CT molecular complexity index is 838. The van der Waals surface area contributed by atoms with Gasteiger partial charge in [0.15, 0.2) is 0 Å². The van der Waals surface area contributed by atoms with E-state index in [-0.39, 0.29) is 21.3 Å². The summed E-state index contributed by atoms with van der Waals surface area (Å²) in [5, 5.41) is 1.98. The molecule has 1 aromatic carbocycles. The van der Waals surface area contributed by atoms with Crippen molar-refractivity contribution in [3.63, 3.8) is 0 Å². The Morgan fingerprint density at radius 3 is 1.52 bits per heavy atom. The van der Waals surface area contributed by atoms with E-state index in [0.717, 1.165) is 0 Å². The second-order valence-corrected chi connectivity index (χ2v) is 19.2. The maximum absolute atomic E-state index is 2.68. The maximum Gasteiger partial charge on any atom is 0.0195 e. The number of rotatable bonds is 25. The second-order valence-electron chi connectivity index (χ2n) is 14.0. The van der Waals surface area contributed by atoms with Crippen LogP contribution in [0.2, 0.25) is 0 Å². The SMILES string of the molecule is CCCCCCCCCCP(CCCP(CCCCCCCCCC)C1(C(C)C)C=CC=CC1(C)C)c1ccccc1. The molecular weight excluding hydrogens is 542 g/mol. The molecule has 1 aromatic rings. The van der Waals surface area contributed by atoms with Gasteiger partial charge in [-0.05, 0) is 60.5 Å². The van der Waals surface area contributed by atoms with Crippen LogP contribution in [0.4, 0.5) is 0 Å². The van der Waals surface area contributed by atoms with Gasteiger partial charge in [0.25, 0.3) is 0 Å². The number of benzene rings is 1. The molecule has 0 aromatic heterocycles. The van der Waals surface area contributed by atoms with Gasteiger partial charge in [-0.25, -0.2) is 0 Å². The lowest BCUT2D eigenvalue weighted by molar-refractivity contribution is 0.296. The van der Waals surface area contributed by atoms with Gasteiger partial charge in [-0.3, -0.25) is 0 Å². The first kappa shape index (κ1) is 37.7. The Morgan fingerprint density at radius 1 is 0.548 bits per heavy atom. The molecule has 0 saturated carbocycles. The van der Waals surface area contributed by atoms with Crippen LogP contribution in [0, 0.1) is 11.3 Å². The van der Waals surface area contributed by atoms with Gasteiger partial charge in [0, 0.05) is 5.16 Å². The predicted molar refractivity (Wildman–Crippen MR) is 199 cm³/mol. The third-order valence-electron chi connectivity index (χ3n) is 9.95. The molecule has 3 unspecified atom stereocenters. The number of allylic oxidation sites excluding steroid dienone is 4. The van der Waals surface area contributed by atoms with Gasteiger partial charge in [0.2, 0.25) is 0 Å². The van der Waals surface area contributed by atoms with Crippen molar-refractivity contribution in [2.24, 2.45) is 11.3 Å². The van der Waals surface area contributed by atoms with Crippen LogP contribution in [-0.2, 0) is 0 Å². The summed E-state index contributed by atoms with van der Waals surface area (Å²) >= 11 is 0. The first-order valence-electron chi connectivity index (χ1n) is 18.3. The highest BCUT2D eigenvalue weighted by Gasteiger charge is 2.49. The summed E-state index contributed by atoms with van der Waals surface area (Å²) in [5.74, 6) is 0.682. The average Bonchev–Trinajstić information content (AvgIpc) is 2.98. The molecule has 2 heteroatoms. The Labute approximate surface area is 266 Å². The number of hydrogen-bond acceptors (Lipinski definition) is 0. The Morgan fingerprint density at radius 2 is 1.00 bits per heavy atom. The number of hydrogen-bond donors (Lipinski definition) is 0. The standard InChI is InChI=1S/C40H70P2/c1-7-9-11-13-15-17-19-26-33-41(38-29-22-21-23-30-38)34-28-36-42(35-27-20-18-16-14-12-10-8-2)40(37(3)4)32-25-24-31-39(40,5)6/h21-25,29-32,37H,7-20,26-28,33-36H2,1-6H3. The molecule has 0 fully saturated rings. The van der Waals surface area contributed by atoms with Crippen molar-refractivity contribution in [3.8, 4) is 0 Å².